The standard InChI is InChI=1S/C55H56O8S/c1-6-7-8-9-36-10-12-37(13-11-36)38-18-25-45(26-19-38)61-53(56)40-16-14-39(15-17-40)41-20-31-47-49(34-41)50-35-60-54(2,3)51(50)48-32-33-55(62-52(47)48,42-21-27-44(59-4)28-22-42)43-23-29-46(30-24-43)63-64(5,57)58/h14-34,36-37H,6-13,35H2,1-5H3. The maximum absolute atomic E-state index is 13.4. The topological polar surface area (TPSA) is 97.4 Å². The molecule has 1 saturated carbocycles. The van der Waals surface area contributed by atoms with Gasteiger partial charge in [0.15, 0.2) is 5.60 Å². The molecule has 2 heterocycles. The van der Waals surface area contributed by atoms with Crippen molar-refractivity contribution in [1.29, 1.82) is 0 Å². The summed E-state index contributed by atoms with van der Waals surface area (Å²) in [6.45, 7) is 6.88. The molecule has 3 aliphatic rings. The van der Waals surface area contributed by atoms with E-state index in [1.807, 2.05) is 72.8 Å². The molecule has 9 heteroatoms. The summed E-state index contributed by atoms with van der Waals surface area (Å²) in [6.07, 6.45) is 15.6. The number of methoxy groups -OCH3 is 1. The van der Waals surface area contributed by atoms with E-state index in [4.69, 9.17) is 23.1 Å². The zero-order valence-electron chi connectivity index (χ0n) is 37.3. The van der Waals surface area contributed by atoms with Gasteiger partial charge in [0.05, 0.1) is 31.1 Å². The fourth-order valence-electron chi connectivity index (χ4n) is 10.0. The van der Waals surface area contributed by atoms with Crippen LogP contribution in [0, 0.1) is 5.92 Å². The van der Waals surface area contributed by atoms with E-state index in [0.29, 0.717) is 35.3 Å². The first-order valence-electron chi connectivity index (χ1n) is 22.6. The first-order valence-corrected chi connectivity index (χ1v) is 24.4. The molecule has 6 aromatic carbocycles. The lowest BCUT2D eigenvalue weighted by atomic mass is 9.77. The van der Waals surface area contributed by atoms with Crippen LogP contribution in [-0.4, -0.2) is 27.8 Å². The van der Waals surface area contributed by atoms with E-state index < -0.39 is 27.3 Å². The Morgan fingerprint density at radius 1 is 0.750 bits per heavy atom. The number of carbonyl (C=O) groups excluding carboxylic acids is 1. The summed E-state index contributed by atoms with van der Waals surface area (Å²) >= 11 is 0. The van der Waals surface area contributed by atoms with Crippen molar-refractivity contribution < 1.29 is 36.3 Å². The van der Waals surface area contributed by atoms with Gasteiger partial charge in [-0.05, 0) is 140 Å². The van der Waals surface area contributed by atoms with Crippen LogP contribution in [0.5, 0.6) is 23.0 Å². The average Bonchev–Trinajstić information content (AvgIpc) is 3.63. The fourth-order valence-corrected chi connectivity index (χ4v) is 10.5. The minimum Gasteiger partial charge on any atom is -0.497 e. The number of esters is 1. The molecule has 64 heavy (non-hydrogen) atoms. The van der Waals surface area contributed by atoms with E-state index in [-0.39, 0.29) is 5.75 Å². The smallest absolute Gasteiger partial charge is 0.343 e. The monoisotopic (exact) mass is 876 g/mol. The predicted molar refractivity (Wildman–Crippen MR) is 253 cm³/mol. The third-order valence-electron chi connectivity index (χ3n) is 13.5. The van der Waals surface area contributed by atoms with Crippen LogP contribution in [0.3, 0.4) is 0 Å². The number of carbonyl (C=O) groups is 1. The average molecular weight is 877 g/mol. The Balaban J connectivity index is 0.987. The molecule has 0 radical (unpaired) electrons. The number of hydrogen-bond acceptors (Lipinski definition) is 8. The van der Waals surface area contributed by atoms with Crippen LogP contribution in [0.15, 0.2) is 121 Å². The van der Waals surface area contributed by atoms with Crippen molar-refractivity contribution in [2.45, 2.75) is 95.9 Å². The zero-order chi connectivity index (χ0) is 44.6. The van der Waals surface area contributed by atoms with Gasteiger partial charge in [-0.3, -0.25) is 0 Å². The highest BCUT2D eigenvalue weighted by molar-refractivity contribution is 7.86. The Kier molecular flexibility index (Phi) is 11.9. The highest BCUT2D eigenvalue weighted by atomic mass is 32.2. The van der Waals surface area contributed by atoms with E-state index >= 15 is 0 Å². The van der Waals surface area contributed by atoms with Gasteiger partial charge in [0.2, 0.25) is 0 Å². The van der Waals surface area contributed by atoms with Gasteiger partial charge in [0, 0.05) is 27.6 Å². The molecule has 0 N–H and O–H groups in total. The summed E-state index contributed by atoms with van der Waals surface area (Å²) in [6, 6.07) is 36.7. The van der Waals surface area contributed by atoms with Crippen molar-refractivity contribution >= 4 is 32.9 Å². The van der Waals surface area contributed by atoms with E-state index in [2.05, 4.69) is 63.3 Å². The molecule has 2 aliphatic heterocycles. The van der Waals surface area contributed by atoms with Crippen LogP contribution in [0.4, 0.5) is 0 Å². The second kappa shape index (κ2) is 17.6. The number of rotatable bonds is 13. The summed E-state index contributed by atoms with van der Waals surface area (Å²) in [5, 5.41) is 1.94. The molecular weight excluding hydrogens is 821 g/mol. The predicted octanol–water partition coefficient (Wildman–Crippen LogP) is 13.0. The summed E-state index contributed by atoms with van der Waals surface area (Å²) in [4.78, 5) is 13.4. The summed E-state index contributed by atoms with van der Waals surface area (Å²) < 4.78 is 54.2. The van der Waals surface area contributed by atoms with Gasteiger partial charge < -0.3 is 23.1 Å². The lowest BCUT2D eigenvalue weighted by molar-refractivity contribution is -0.00803. The Bertz CT molecular complexity index is 2800. The molecule has 0 bridgehead atoms. The number of unbranched alkanes of at least 4 members (excludes halogenated alkanes) is 2. The van der Waals surface area contributed by atoms with E-state index in [9.17, 15) is 13.2 Å². The van der Waals surface area contributed by atoms with Crippen LogP contribution in [0.25, 0.3) is 28.0 Å². The third-order valence-corrected chi connectivity index (χ3v) is 14.0. The second-order valence-electron chi connectivity index (χ2n) is 18.1. The molecule has 0 aromatic heterocycles. The number of hydrogen-bond donors (Lipinski definition) is 0. The number of ether oxygens (including phenoxy) is 4. The number of fused-ring (bicyclic) bond motifs is 6. The Hall–Kier alpha value is -5.90. The molecule has 1 fully saturated rings. The van der Waals surface area contributed by atoms with Crippen LogP contribution < -0.4 is 18.4 Å². The Morgan fingerprint density at radius 3 is 2.03 bits per heavy atom. The molecular formula is C55H56O8S. The van der Waals surface area contributed by atoms with Crippen LogP contribution in [-0.2, 0) is 32.7 Å². The molecule has 8 nitrogen and oxygen atoms in total. The van der Waals surface area contributed by atoms with Gasteiger partial charge in [-0.25, -0.2) is 4.79 Å². The lowest BCUT2D eigenvalue weighted by Gasteiger charge is -2.38. The maximum Gasteiger partial charge on any atom is 0.343 e. The molecule has 0 saturated heterocycles. The molecule has 330 valence electrons. The van der Waals surface area contributed by atoms with Crippen LogP contribution >= 0.6 is 0 Å². The molecule has 1 aliphatic carbocycles. The maximum atomic E-state index is 13.4. The molecule has 9 rings (SSSR count). The van der Waals surface area contributed by atoms with E-state index in [1.54, 1.807) is 19.2 Å². The molecule has 1 atom stereocenters. The van der Waals surface area contributed by atoms with Crippen LogP contribution in [0.1, 0.15) is 122 Å². The van der Waals surface area contributed by atoms with Gasteiger partial charge in [-0.2, -0.15) is 8.42 Å². The van der Waals surface area contributed by atoms with E-state index in [0.717, 1.165) is 61.9 Å². The third kappa shape index (κ3) is 8.68. The van der Waals surface area contributed by atoms with Gasteiger partial charge in [-0.15, -0.1) is 0 Å². The van der Waals surface area contributed by atoms with Crippen LogP contribution in [0.2, 0.25) is 0 Å². The van der Waals surface area contributed by atoms with Crippen molar-refractivity contribution in [2.75, 3.05) is 13.4 Å². The second-order valence-corrected chi connectivity index (χ2v) is 19.7. The molecule has 0 amide bonds. The van der Waals surface area contributed by atoms with Crippen molar-refractivity contribution in [3.8, 4) is 34.1 Å². The zero-order valence-corrected chi connectivity index (χ0v) is 38.1. The van der Waals surface area contributed by atoms with Crippen molar-refractivity contribution in [3.63, 3.8) is 0 Å². The van der Waals surface area contributed by atoms with Gasteiger partial charge in [0.1, 0.15) is 23.0 Å². The number of benzene rings is 6. The Morgan fingerprint density at radius 2 is 1.39 bits per heavy atom. The minimum atomic E-state index is -3.71. The van der Waals surface area contributed by atoms with Gasteiger partial charge in [-0.1, -0.05) is 99.3 Å². The molecule has 0 spiro atoms. The van der Waals surface area contributed by atoms with Crippen molar-refractivity contribution in [2.24, 2.45) is 5.92 Å². The van der Waals surface area contributed by atoms with Crippen molar-refractivity contribution in [1.82, 2.24) is 0 Å². The normalized spacial score (nSPS) is 20.0. The van der Waals surface area contributed by atoms with E-state index in [1.165, 1.54) is 56.9 Å². The summed E-state index contributed by atoms with van der Waals surface area (Å²) in [5.41, 5.74) is 6.84. The Labute approximate surface area is 377 Å². The van der Waals surface area contributed by atoms with Crippen molar-refractivity contribution in [3.05, 3.63) is 160 Å². The highest BCUT2D eigenvalue weighted by Gasteiger charge is 2.43. The fraction of sp³-hybridized carbons (Fsp3) is 0.327. The minimum absolute atomic E-state index is 0.209. The largest absolute Gasteiger partial charge is 0.497 e. The SMILES string of the molecule is CCCCCC1CCC(c2ccc(OC(=O)c3ccc(-c4ccc5c6c(c7c(c5c4)COC7(C)C)C=CC(c4ccc(OC)cc4)(c4ccc(OS(C)(=O)=O)cc4)O6)cc3)cc2)CC1. The summed E-state index contributed by atoms with van der Waals surface area (Å²) in [5.74, 6) is 3.24. The molecule has 1 unspecified atom stereocenters. The quantitative estimate of drug-likeness (QED) is 0.0490. The first kappa shape index (κ1) is 43.4. The highest BCUT2D eigenvalue weighted by Crippen LogP contribution is 2.53. The molecule has 6 aromatic rings. The van der Waals surface area contributed by atoms with Gasteiger partial charge >= 0.3 is 16.1 Å². The van der Waals surface area contributed by atoms with Gasteiger partial charge in [0.25, 0.3) is 0 Å². The first-order chi connectivity index (χ1) is 30.8. The lowest BCUT2D eigenvalue weighted by Crippen LogP contribution is -2.35. The summed E-state index contributed by atoms with van der Waals surface area (Å²) in [7, 11) is -2.08.